The Labute approximate surface area is 215 Å². The van der Waals surface area contributed by atoms with E-state index in [1.165, 1.54) is 29.8 Å². The number of morpholine rings is 1. The number of anilines is 3. The van der Waals surface area contributed by atoms with Crippen LogP contribution < -0.4 is 16.4 Å². The van der Waals surface area contributed by atoms with E-state index in [9.17, 15) is 14.0 Å². The fraction of sp³-hybridized carbons (Fsp3) is 0.292. The van der Waals surface area contributed by atoms with Gasteiger partial charge in [-0.2, -0.15) is 5.10 Å². The van der Waals surface area contributed by atoms with E-state index in [1.54, 1.807) is 29.9 Å². The summed E-state index contributed by atoms with van der Waals surface area (Å²) in [5.74, 6) is -1.35. The van der Waals surface area contributed by atoms with Gasteiger partial charge in [0.2, 0.25) is 5.91 Å². The van der Waals surface area contributed by atoms with Gasteiger partial charge in [-0.05, 0) is 26.0 Å². The van der Waals surface area contributed by atoms with Gasteiger partial charge < -0.3 is 21.1 Å². The Morgan fingerprint density at radius 3 is 2.86 bits per heavy atom. The van der Waals surface area contributed by atoms with Gasteiger partial charge in [0.1, 0.15) is 4.83 Å². The maximum Gasteiger partial charge on any atom is 0.260 e. The van der Waals surface area contributed by atoms with Gasteiger partial charge in [0.25, 0.3) is 5.91 Å². The molecule has 1 aliphatic rings. The standard InChI is InChI=1S/C24H25FN8O3S/c1-13-10-32(3-4-36-13)12-21(34)30-16-6-19(14(2)27-8-16)31-23(35)17-9-29-33-11-20(37-24(17)33)15-5-18(25)22(26)28-7-15/h5-9,11,13H,3-4,10,12H2,1-2H3,(H2,26,28)(H,30,34)(H,31,35). The Morgan fingerprint density at radius 2 is 2.08 bits per heavy atom. The lowest BCUT2D eigenvalue weighted by atomic mass is 10.2. The number of pyridine rings is 2. The normalized spacial score (nSPS) is 16.1. The van der Waals surface area contributed by atoms with Crippen molar-refractivity contribution in [1.29, 1.82) is 0 Å². The zero-order valence-electron chi connectivity index (χ0n) is 20.2. The molecule has 1 unspecified atom stereocenters. The van der Waals surface area contributed by atoms with E-state index in [1.807, 2.05) is 11.8 Å². The van der Waals surface area contributed by atoms with Gasteiger partial charge in [0.15, 0.2) is 11.6 Å². The van der Waals surface area contributed by atoms with E-state index in [0.717, 1.165) is 0 Å². The van der Waals surface area contributed by atoms with Crippen molar-refractivity contribution in [3.63, 3.8) is 0 Å². The molecule has 4 N–H and O–H groups in total. The largest absolute Gasteiger partial charge is 0.381 e. The molecule has 13 heteroatoms. The summed E-state index contributed by atoms with van der Waals surface area (Å²) >= 11 is 1.28. The summed E-state index contributed by atoms with van der Waals surface area (Å²) in [6.45, 7) is 5.96. The topological polar surface area (TPSA) is 140 Å². The maximum atomic E-state index is 13.9. The van der Waals surface area contributed by atoms with Crippen molar-refractivity contribution in [3.8, 4) is 10.4 Å². The van der Waals surface area contributed by atoms with Crippen molar-refractivity contribution in [1.82, 2.24) is 24.5 Å². The second kappa shape index (κ2) is 10.2. The van der Waals surface area contributed by atoms with Crippen LogP contribution >= 0.6 is 11.3 Å². The highest BCUT2D eigenvalue weighted by molar-refractivity contribution is 7.21. The van der Waals surface area contributed by atoms with E-state index in [4.69, 9.17) is 10.5 Å². The molecule has 0 bridgehead atoms. The highest BCUT2D eigenvalue weighted by Gasteiger charge is 2.20. The summed E-state index contributed by atoms with van der Waals surface area (Å²) in [6, 6.07) is 2.96. The molecule has 1 aliphatic heterocycles. The highest BCUT2D eigenvalue weighted by Crippen LogP contribution is 2.31. The molecule has 0 saturated carbocycles. The maximum absolute atomic E-state index is 13.9. The molecule has 0 aliphatic carbocycles. The lowest BCUT2D eigenvalue weighted by Gasteiger charge is -2.30. The van der Waals surface area contributed by atoms with Crippen molar-refractivity contribution in [2.75, 3.05) is 42.6 Å². The van der Waals surface area contributed by atoms with Crippen LogP contribution in [0.4, 0.5) is 21.6 Å². The number of hydrogen-bond donors (Lipinski definition) is 3. The minimum Gasteiger partial charge on any atom is -0.381 e. The molecule has 192 valence electrons. The van der Waals surface area contributed by atoms with Gasteiger partial charge in [0.05, 0.1) is 59.2 Å². The van der Waals surface area contributed by atoms with Crippen molar-refractivity contribution in [2.24, 2.45) is 0 Å². The molecule has 4 aromatic rings. The molecule has 37 heavy (non-hydrogen) atoms. The number of rotatable bonds is 6. The SMILES string of the molecule is Cc1ncc(NC(=O)CN2CCOC(C)C2)cc1NC(=O)c1cnn2cc(-c3cnc(N)c(F)c3)sc12. The average molecular weight is 525 g/mol. The Bertz CT molecular complexity index is 1490. The third kappa shape index (κ3) is 5.43. The molecule has 4 aromatic heterocycles. The van der Waals surface area contributed by atoms with Gasteiger partial charge >= 0.3 is 0 Å². The van der Waals surface area contributed by atoms with Crippen LogP contribution in [0.1, 0.15) is 23.0 Å². The molecule has 0 aromatic carbocycles. The van der Waals surface area contributed by atoms with Gasteiger partial charge in [-0.1, -0.05) is 0 Å². The number of nitrogens with two attached hydrogens (primary N) is 1. The van der Waals surface area contributed by atoms with Gasteiger partial charge in [-0.15, -0.1) is 11.3 Å². The van der Waals surface area contributed by atoms with E-state index in [0.29, 0.717) is 57.6 Å². The van der Waals surface area contributed by atoms with E-state index in [2.05, 4.69) is 25.7 Å². The minimum atomic E-state index is -0.615. The van der Waals surface area contributed by atoms with Gasteiger partial charge in [-0.3, -0.25) is 19.5 Å². The third-order valence-electron chi connectivity index (χ3n) is 5.91. The minimum absolute atomic E-state index is 0.0865. The second-order valence-electron chi connectivity index (χ2n) is 8.77. The molecule has 11 nitrogen and oxygen atoms in total. The van der Waals surface area contributed by atoms with Crippen molar-refractivity contribution < 1.29 is 18.7 Å². The molecule has 0 spiro atoms. The summed E-state index contributed by atoms with van der Waals surface area (Å²) in [7, 11) is 0. The molecule has 1 atom stereocenters. The number of nitrogen functional groups attached to an aromatic ring is 1. The van der Waals surface area contributed by atoms with Crippen LogP contribution in [0, 0.1) is 12.7 Å². The van der Waals surface area contributed by atoms with Crippen LogP contribution in [0.15, 0.2) is 36.9 Å². The number of carbonyl (C=O) groups is 2. The fourth-order valence-corrected chi connectivity index (χ4v) is 5.05. The van der Waals surface area contributed by atoms with Crippen LogP contribution in [0.2, 0.25) is 0 Å². The molecule has 5 rings (SSSR count). The summed E-state index contributed by atoms with van der Waals surface area (Å²) in [6.07, 6.45) is 6.27. The van der Waals surface area contributed by atoms with Crippen molar-refractivity contribution >= 4 is 45.2 Å². The number of amides is 2. The number of fused-ring (bicyclic) bond motifs is 1. The van der Waals surface area contributed by atoms with Crippen molar-refractivity contribution in [2.45, 2.75) is 20.0 Å². The predicted octanol–water partition coefficient (Wildman–Crippen LogP) is 2.79. The number of aryl methyl sites for hydroxylation is 1. The molecule has 0 radical (unpaired) electrons. The molecular weight excluding hydrogens is 499 g/mol. The summed E-state index contributed by atoms with van der Waals surface area (Å²) in [4.78, 5) is 37.1. The molecule has 1 fully saturated rings. The first-order valence-corrected chi connectivity index (χ1v) is 12.4. The number of aromatic nitrogens is 4. The Morgan fingerprint density at radius 1 is 1.24 bits per heavy atom. The number of thiazole rings is 1. The predicted molar refractivity (Wildman–Crippen MR) is 138 cm³/mol. The van der Waals surface area contributed by atoms with Crippen LogP contribution in [0.5, 0.6) is 0 Å². The van der Waals surface area contributed by atoms with Crippen molar-refractivity contribution in [3.05, 3.63) is 54.0 Å². The van der Waals surface area contributed by atoms with Crippen LogP contribution in [0.25, 0.3) is 15.3 Å². The highest BCUT2D eigenvalue weighted by atomic mass is 32.1. The number of nitrogens with one attached hydrogen (secondary N) is 2. The number of ether oxygens (including phenoxy) is 1. The molecule has 5 heterocycles. The van der Waals surface area contributed by atoms with Gasteiger partial charge in [0, 0.05) is 31.0 Å². The van der Waals surface area contributed by atoms with Crippen LogP contribution in [-0.4, -0.2) is 68.6 Å². The Kier molecular flexibility index (Phi) is 6.82. The van der Waals surface area contributed by atoms with E-state index < -0.39 is 5.82 Å². The zero-order valence-corrected chi connectivity index (χ0v) is 21.0. The Balaban J connectivity index is 1.30. The van der Waals surface area contributed by atoms with Gasteiger partial charge in [-0.25, -0.2) is 13.9 Å². The number of nitrogens with zero attached hydrogens (tertiary/aromatic N) is 5. The number of halogens is 1. The lowest BCUT2D eigenvalue weighted by molar-refractivity contribution is -0.119. The lowest BCUT2D eigenvalue weighted by Crippen LogP contribution is -2.44. The third-order valence-corrected chi connectivity index (χ3v) is 7.07. The number of carbonyl (C=O) groups excluding carboxylic acids is 2. The van der Waals surface area contributed by atoms with E-state index in [-0.39, 0.29) is 30.3 Å². The Hall–Kier alpha value is -3.94. The first-order valence-electron chi connectivity index (χ1n) is 11.6. The molecule has 1 saturated heterocycles. The quantitative estimate of drug-likeness (QED) is 0.350. The summed E-state index contributed by atoms with van der Waals surface area (Å²) in [5.41, 5.74) is 7.87. The summed E-state index contributed by atoms with van der Waals surface area (Å²) < 4.78 is 20.9. The molecule has 2 amide bonds. The van der Waals surface area contributed by atoms with Crippen LogP contribution in [-0.2, 0) is 9.53 Å². The van der Waals surface area contributed by atoms with Crippen LogP contribution in [0.3, 0.4) is 0 Å². The smallest absolute Gasteiger partial charge is 0.260 e. The first-order chi connectivity index (χ1) is 17.8. The monoisotopic (exact) mass is 524 g/mol. The summed E-state index contributed by atoms with van der Waals surface area (Å²) in [5, 5.41) is 9.95. The molecular formula is C24H25FN8O3S. The second-order valence-corrected chi connectivity index (χ2v) is 9.80. The first kappa shape index (κ1) is 24.7. The average Bonchev–Trinajstić information content (AvgIpc) is 3.44. The zero-order chi connectivity index (χ0) is 26.1. The number of hydrogen-bond acceptors (Lipinski definition) is 9. The fourth-order valence-electron chi connectivity index (χ4n) is 4.01. The van der Waals surface area contributed by atoms with E-state index >= 15 is 0 Å².